The van der Waals surface area contributed by atoms with Gasteiger partial charge in [0.15, 0.2) is 0 Å². The van der Waals surface area contributed by atoms with Crippen LogP contribution in [0.3, 0.4) is 0 Å². The average Bonchev–Trinajstić information content (AvgIpc) is 3.21. The maximum atomic E-state index is 13.8. The lowest BCUT2D eigenvalue weighted by Crippen LogP contribution is -2.54. The summed E-state index contributed by atoms with van der Waals surface area (Å²) in [6.07, 6.45) is 7.66. The van der Waals surface area contributed by atoms with Crippen LogP contribution in [0.25, 0.3) is 0 Å². The number of ether oxygens (including phenoxy) is 2. The molecular weight excluding hydrogens is 690 g/mol. The number of hydrogen-bond donors (Lipinski definition) is 1. The van der Waals surface area contributed by atoms with Gasteiger partial charge in [-0.15, -0.1) is 0 Å². The first-order chi connectivity index (χ1) is 24.1. The molecular formula is C38H52ClN5O6S. The summed E-state index contributed by atoms with van der Waals surface area (Å²) in [5.41, 5.74) is 1.58. The van der Waals surface area contributed by atoms with E-state index in [0.29, 0.717) is 55.8 Å². The van der Waals surface area contributed by atoms with Crippen molar-refractivity contribution in [1.82, 2.24) is 19.4 Å². The number of carbonyl (C=O) groups is 2. The predicted molar refractivity (Wildman–Crippen MR) is 199 cm³/mol. The Labute approximate surface area is 307 Å². The van der Waals surface area contributed by atoms with Crippen LogP contribution in [0.4, 0.5) is 10.5 Å². The van der Waals surface area contributed by atoms with E-state index in [1.807, 2.05) is 37.2 Å². The number of likely N-dealkylation sites (N-methyl/N-ethyl adjacent to an activating group) is 3. The maximum absolute atomic E-state index is 13.8. The summed E-state index contributed by atoms with van der Waals surface area (Å²) in [5, 5.41) is 0.707. The molecule has 2 aromatic carbocycles. The quantitative estimate of drug-likeness (QED) is 0.437. The summed E-state index contributed by atoms with van der Waals surface area (Å²) in [7, 11) is 3.25. The Morgan fingerprint density at radius 3 is 2.63 bits per heavy atom. The van der Waals surface area contributed by atoms with E-state index < -0.39 is 27.6 Å². The van der Waals surface area contributed by atoms with Gasteiger partial charge in [-0.05, 0) is 121 Å². The van der Waals surface area contributed by atoms with E-state index in [4.69, 9.17) is 21.1 Å². The molecule has 13 heteroatoms. The lowest BCUT2D eigenvalue weighted by molar-refractivity contribution is -0.128. The standard InChI is InChI=1S/C38H52ClN5O6S/c1-37(2)35(45)40-51(47,48)29-13-16-34-32(22-29)44(24-38(25-49-34)17-7-9-26-21-28(39)12-15-31(26)38)23-27-11-14-30(27)33(10-8-18-43(37)6)50-36(46)42(5)20-19-41(3)4/h8,10,12-13,15-16,21-22,27,30,33H,7,9,11,14,17-20,23-25H2,1-6H3,(H,40,45)/b10-8+/t27-,30+,33-,38-/m0/s1. The van der Waals surface area contributed by atoms with Crippen molar-refractivity contribution in [2.75, 3.05) is 72.4 Å². The highest BCUT2D eigenvalue weighted by Crippen LogP contribution is 2.47. The Bertz CT molecular complexity index is 1780. The van der Waals surface area contributed by atoms with Crippen LogP contribution in [-0.4, -0.2) is 114 Å². The number of amides is 2. The van der Waals surface area contributed by atoms with Crippen molar-refractivity contribution >= 4 is 39.3 Å². The Hall–Kier alpha value is -3.32. The van der Waals surface area contributed by atoms with Gasteiger partial charge in [-0.25, -0.2) is 17.9 Å². The second-order valence-electron chi connectivity index (χ2n) is 15.6. The molecule has 0 radical (unpaired) electrons. The Kier molecular flexibility index (Phi) is 10.7. The number of benzene rings is 2. The highest BCUT2D eigenvalue weighted by Gasteiger charge is 2.45. The van der Waals surface area contributed by atoms with Crippen LogP contribution >= 0.6 is 11.6 Å². The topological polar surface area (TPSA) is 112 Å². The molecule has 2 aliphatic carbocycles. The number of nitrogens with zero attached hydrogens (tertiary/aromatic N) is 4. The fraction of sp³-hybridized carbons (Fsp3) is 0.579. The number of halogens is 1. The first-order valence-electron chi connectivity index (χ1n) is 17.9. The fourth-order valence-electron chi connectivity index (χ4n) is 7.78. The first kappa shape index (κ1) is 37.4. The van der Waals surface area contributed by atoms with Gasteiger partial charge < -0.3 is 24.2 Å². The second kappa shape index (κ2) is 14.6. The molecule has 2 aliphatic heterocycles. The smallest absolute Gasteiger partial charge is 0.410 e. The molecule has 278 valence electrons. The van der Waals surface area contributed by atoms with E-state index in [-0.39, 0.29) is 28.2 Å². The largest absolute Gasteiger partial charge is 0.490 e. The number of anilines is 1. The normalized spacial score (nSPS) is 28.0. The van der Waals surface area contributed by atoms with Crippen molar-refractivity contribution in [3.8, 4) is 5.75 Å². The Morgan fingerprint density at radius 1 is 1.12 bits per heavy atom. The molecule has 1 spiro atoms. The van der Waals surface area contributed by atoms with E-state index in [0.717, 1.165) is 32.1 Å². The lowest BCUT2D eigenvalue weighted by Gasteiger charge is -2.46. The van der Waals surface area contributed by atoms with Crippen LogP contribution in [0.2, 0.25) is 5.02 Å². The summed E-state index contributed by atoms with van der Waals surface area (Å²) in [6.45, 7) is 6.64. The van der Waals surface area contributed by atoms with Crippen LogP contribution < -0.4 is 14.4 Å². The fourth-order valence-corrected chi connectivity index (χ4v) is 9.10. The molecule has 6 rings (SSSR count). The third kappa shape index (κ3) is 7.75. The van der Waals surface area contributed by atoms with Crippen molar-refractivity contribution in [2.24, 2.45) is 11.8 Å². The predicted octanol–water partition coefficient (Wildman–Crippen LogP) is 4.92. The molecule has 0 saturated heterocycles. The molecule has 51 heavy (non-hydrogen) atoms. The molecule has 0 aromatic heterocycles. The monoisotopic (exact) mass is 741 g/mol. The molecule has 1 N–H and O–H groups in total. The summed E-state index contributed by atoms with van der Waals surface area (Å²) < 4.78 is 42.8. The third-order valence-corrected chi connectivity index (χ3v) is 13.1. The van der Waals surface area contributed by atoms with Crippen LogP contribution in [-0.2, 0) is 31.4 Å². The van der Waals surface area contributed by atoms with E-state index in [9.17, 15) is 18.0 Å². The zero-order valence-corrected chi connectivity index (χ0v) is 32.2. The van der Waals surface area contributed by atoms with Crippen LogP contribution in [0.5, 0.6) is 5.75 Å². The molecule has 2 bridgehead atoms. The van der Waals surface area contributed by atoms with Gasteiger partial charge in [0.05, 0.1) is 22.7 Å². The van der Waals surface area contributed by atoms with Gasteiger partial charge in [-0.3, -0.25) is 9.69 Å². The van der Waals surface area contributed by atoms with Crippen LogP contribution in [0, 0.1) is 11.8 Å². The van der Waals surface area contributed by atoms with Crippen molar-refractivity contribution in [2.45, 2.75) is 67.9 Å². The molecule has 1 saturated carbocycles. The number of sulfonamides is 1. The van der Waals surface area contributed by atoms with E-state index in [1.165, 1.54) is 17.2 Å². The highest BCUT2D eigenvalue weighted by molar-refractivity contribution is 7.90. The van der Waals surface area contributed by atoms with Gasteiger partial charge in [0.2, 0.25) is 0 Å². The van der Waals surface area contributed by atoms with Gasteiger partial charge in [-0.2, -0.15) is 0 Å². The van der Waals surface area contributed by atoms with Crippen molar-refractivity contribution in [1.29, 1.82) is 0 Å². The van der Waals surface area contributed by atoms with Crippen LogP contribution in [0.15, 0.2) is 53.4 Å². The van der Waals surface area contributed by atoms with Gasteiger partial charge in [0.1, 0.15) is 11.9 Å². The Balaban J connectivity index is 1.41. The number of aryl methyl sites for hydroxylation is 1. The van der Waals surface area contributed by atoms with Gasteiger partial charge in [-0.1, -0.05) is 23.7 Å². The second-order valence-corrected chi connectivity index (χ2v) is 17.7. The highest BCUT2D eigenvalue weighted by atomic mass is 35.5. The molecule has 2 heterocycles. The molecule has 4 aliphatic rings. The number of rotatable bonds is 4. The van der Waals surface area contributed by atoms with Crippen molar-refractivity contribution in [3.63, 3.8) is 0 Å². The summed E-state index contributed by atoms with van der Waals surface area (Å²) in [6, 6.07) is 11.0. The number of carbonyl (C=O) groups excluding carboxylic acids is 2. The van der Waals surface area contributed by atoms with E-state index >= 15 is 0 Å². The van der Waals surface area contributed by atoms with Gasteiger partial charge >= 0.3 is 6.09 Å². The van der Waals surface area contributed by atoms with Gasteiger partial charge in [0, 0.05) is 56.1 Å². The van der Waals surface area contributed by atoms with Crippen molar-refractivity contribution in [3.05, 3.63) is 64.7 Å². The SMILES string of the molecule is CN(C)CCN(C)C(=O)O[C@H]1/C=C/CN(C)C(C)(C)C(=O)NS(=O)(=O)c2ccc3c(c2)N(C[C@@H]2CC[C@H]21)C[C@@]1(CCCc2cc(Cl)ccc21)CO3. The van der Waals surface area contributed by atoms with E-state index in [1.54, 1.807) is 49.9 Å². The van der Waals surface area contributed by atoms with E-state index in [2.05, 4.69) is 21.8 Å². The first-order valence-corrected chi connectivity index (χ1v) is 19.8. The zero-order chi connectivity index (χ0) is 36.7. The third-order valence-electron chi connectivity index (χ3n) is 11.5. The summed E-state index contributed by atoms with van der Waals surface area (Å²) in [4.78, 5) is 34.7. The molecule has 4 atom stereocenters. The van der Waals surface area contributed by atoms with Gasteiger partial charge in [0.25, 0.3) is 15.9 Å². The molecule has 0 unspecified atom stereocenters. The maximum Gasteiger partial charge on any atom is 0.410 e. The minimum Gasteiger partial charge on any atom is -0.490 e. The van der Waals surface area contributed by atoms with Crippen molar-refractivity contribution < 1.29 is 27.5 Å². The average molecular weight is 742 g/mol. The summed E-state index contributed by atoms with van der Waals surface area (Å²) >= 11 is 6.45. The molecule has 2 amide bonds. The molecule has 1 fully saturated rings. The molecule has 11 nitrogen and oxygen atoms in total. The molecule has 2 aromatic rings. The lowest BCUT2D eigenvalue weighted by atomic mass is 9.68. The Morgan fingerprint density at radius 2 is 1.90 bits per heavy atom. The number of nitrogens with one attached hydrogen (secondary N) is 1. The minimum atomic E-state index is -4.21. The number of hydrogen-bond acceptors (Lipinski definition) is 9. The summed E-state index contributed by atoms with van der Waals surface area (Å²) in [5.74, 6) is 0.169. The van der Waals surface area contributed by atoms with Crippen LogP contribution in [0.1, 0.15) is 50.7 Å². The minimum absolute atomic E-state index is 0.00172. The number of fused-ring (bicyclic) bond motifs is 4. The zero-order valence-electron chi connectivity index (χ0n) is 30.7.